The fraction of sp³-hybridized carbons (Fsp3) is 0.417. The number of amides is 1. The van der Waals surface area contributed by atoms with Crippen molar-refractivity contribution in [1.29, 1.82) is 0 Å². The second-order valence-electron chi connectivity index (χ2n) is 3.63. The Morgan fingerprint density at radius 3 is 2.63 bits per heavy atom. The van der Waals surface area contributed by atoms with Crippen LogP contribution in [0.2, 0.25) is 0 Å². The topological polar surface area (TPSA) is 38.3 Å². The molecule has 0 fully saturated rings. The van der Waals surface area contributed by atoms with E-state index in [-0.39, 0.29) is 6.54 Å². The van der Waals surface area contributed by atoms with E-state index in [1.54, 1.807) is 0 Å². The molecule has 1 amide bonds. The Balaban J connectivity index is 2.44. The highest BCUT2D eigenvalue weighted by molar-refractivity contribution is 6.17. The smallest absolute Gasteiger partial charge is 0.254 e. The molecular weight excluding hydrogens is 283 g/mol. The summed E-state index contributed by atoms with van der Waals surface area (Å²) in [6.45, 7) is 1.04. The maximum atomic E-state index is 13.3. The molecule has 0 bridgehead atoms. The van der Waals surface area contributed by atoms with Gasteiger partial charge in [-0.2, -0.15) is 0 Å². The van der Waals surface area contributed by atoms with Crippen molar-refractivity contribution in [1.82, 2.24) is 5.32 Å². The number of halogens is 4. The van der Waals surface area contributed by atoms with E-state index >= 15 is 0 Å². The number of benzene rings is 1. The van der Waals surface area contributed by atoms with Gasteiger partial charge in [-0.3, -0.25) is 4.79 Å². The molecule has 106 valence electrons. The third-order valence-electron chi connectivity index (χ3n) is 2.25. The van der Waals surface area contributed by atoms with Crippen LogP contribution in [0.15, 0.2) is 12.1 Å². The Kier molecular flexibility index (Phi) is 6.66. The number of carbonyl (C=O) groups is 1. The first kappa shape index (κ1) is 15.8. The quantitative estimate of drug-likeness (QED) is 0.477. The number of rotatable bonds is 7. The zero-order valence-electron chi connectivity index (χ0n) is 10.0. The van der Waals surface area contributed by atoms with Crippen LogP contribution in [0.25, 0.3) is 0 Å². The summed E-state index contributed by atoms with van der Waals surface area (Å²) in [6, 6.07) is 1.60. The summed E-state index contributed by atoms with van der Waals surface area (Å²) in [5, 5.41) is 2.38. The van der Waals surface area contributed by atoms with Gasteiger partial charge in [0.1, 0.15) is 0 Å². The van der Waals surface area contributed by atoms with Crippen molar-refractivity contribution in [3.63, 3.8) is 0 Å². The van der Waals surface area contributed by atoms with E-state index < -0.39 is 28.9 Å². The molecule has 3 nitrogen and oxygen atoms in total. The largest absolute Gasteiger partial charge is 0.380 e. The minimum Gasteiger partial charge on any atom is -0.380 e. The molecule has 1 aromatic carbocycles. The molecule has 0 saturated heterocycles. The zero-order chi connectivity index (χ0) is 14.3. The molecular formula is C12H13ClF3NO2. The molecule has 0 saturated carbocycles. The second-order valence-corrected chi connectivity index (χ2v) is 4.01. The lowest BCUT2D eigenvalue weighted by atomic mass is 10.2. The summed E-state index contributed by atoms with van der Waals surface area (Å²) in [6.07, 6.45) is 0.508. The third-order valence-corrected chi connectivity index (χ3v) is 2.41. The summed E-state index contributed by atoms with van der Waals surface area (Å²) in [5.74, 6) is -4.89. The van der Waals surface area contributed by atoms with Crippen LogP contribution in [0.3, 0.4) is 0 Å². The summed E-state index contributed by atoms with van der Waals surface area (Å²) in [4.78, 5) is 11.5. The van der Waals surface area contributed by atoms with E-state index in [0.29, 0.717) is 31.6 Å². The first-order valence-electron chi connectivity index (χ1n) is 5.63. The van der Waals surface area contributed by atoms with E-state index in [0.717, 1.165) is 6.07 Å². The van der Waals surface area contributed by atoms with Gasteiger partial charge in [0.15, 0.2) is 17.5 Å². The van der Waals surface area contributed by atoms with Gasteiger partial charge < -0.3 is 10.1 Å². The van der Waals surface area contributed by atoms with Crippen molar-refractivity contribution in [3.8, 4) is 0 Å². The summed E-state index contributed by atoms with van der Waals surface area (Å²) < 4.78 is 43.9. The average Bonchev–Trinajstić information content (AvgIpc) is 2.40. The number of ether oxygens (including phenoxy) is 1. The van der Waals surface area contributed by atoms with Crippen LogP contribution in [0.4, 0.5) is 13.2 Å². The number of hydrogen-bond acceptors (Lipinski definition) is 2. The Bertz CT molecular complexity index is 443. The van der Waals surface area contributed by atoms with Crippen molar-refractivity contribution < 1.29 is 22.7 Å². The van der Waals surface area contributed by atoms with E-state index in [2.05, 4.69) is 5.32 Å². The molecule has 0 aliphatic carbocycles. The van der Waals surface area contributed by atoms with Crippen LogP contribution in [-0.2, 0) is 4.74 Å². The fourth-order valence-electron chi connectivity index (χ4n) is 1.33. The first-order chi connectivity index (χ1) is 9.07. The number of hydrogen-bond donors (Lipinski definition) is 1. The molecule has 0 unspecified atom stereocenters. The lowest BCUT2D eigenvalue weighted by molar-refractivity contribution is 0.0939. The molecule has 0 aliphatic rings. The SMILES string of the molecule is O=C(NCCCOCCCl)c1ccc(F)c(F)c1F. The van der Waals surface area contributed by atoms with E-state index in [1.807, 2.05) is 0 Å². The molecule has 1 aromatic rings. The molecule has 0 spiro atoms. The number of alkyl halides is 1. The molecule has 0 heterocycles. The Morgan fingerprint density at radius 2 is 1.95 bits per heavy atom. The van der Waals surface area contributed by atoms with E-state index in [1.165, 1.54) is 0 Å². The number of nitrogens with one attached hydrogen (secondary N) is 1. The Hall–Kier alpha value is -1.27. The molecule has 0 atom stereocenters. The van der Waals surface area contributed by atoms with Crippen molar-refractivity contribution in [2.24, 2.45) is 0 Å². The minimum atomic E-state index is -1.65. The predicted molar refractivity (Wildman–Crippen MR) is 64.8 cm³/mol. The van der Waals surface area contributed by atoms with E-state index in [4.69, 9.17) is 16.3 Å². The van der Waals surface area contributed by atoms with Crippen LogP contribution in [-0.4, -0.2) is 31.5 Å². The van der Waals surface area contributed by atoms with Gasteiger partial charge in [0.2, 0.25) is 0 Å². The monoisotopic (exact) mass is 295 g/mol. The molecule has 0 radical (unpaired) electrons. The van der Waals surface area contributed by atoms with Crippen molar-refractivity contribution in [3.05, 3.63) is 35.1 Å². The molecule has 1 N–H and O–H groups in total. The third kappa shape index (κ3) is 4.72. The van der Waals surface area contributed by atoms with E-state index in [9.17, 15) is 18.0 Å². The van der Waals surface area contributed by atoms with Gasteiger partial charge in [-0.15, -0.1) is 11.6 Å². The van der Waals surface area contributed by atoms with Crippen molar-refractivity contribution in [2.45, 2.75) is 6.42 Å². The standard InChI is InChI=1S/C12H13ClF3NO2/c13-4-7-19-6-1-5-17-12(18)8-2-3-9(14)11(16)10(8)15/h2-3H,1,4-7H2,(H,17,18). The first-order valence-corrected chi connectivity index (χ1v) is 6.16. The molecule has 1 rings (SSSR count). The maximum absolute atomic E-state index is 13.3. The maximum Gasteiger partial charge on any atom is 0.254 e. The van der Waals surface area contributed by atoms with Crippen molar-refractivity contribution in [2.75, 3.05) is 25.6 Å². The summed E-state index contributed by atoms with van der Waals surface area (Å²) in [7, 11) is 0. The normalized spacial score (nSPS) is 10.5. The Labute approximate surface area is 113 Å². The summed E-state index contributed by atoms with van der Waals surface area (Å²) >= 11 is 5.39. The van der Waals surface area contributed by atoms with Gasteiger partial charge >= 0.3 is 0 Å². The average molecular weight is 296 g/mol. The van der Waals surface area contributed by atoms with Gasteiger partial charge in [-0.1, -0.05) is 0 Å². The molecule has 19 heavy (non-hydrogen) atoms. The van der Waals surface area contributed by atoms with Crippen molar-refractivity contribution >= 4 is 17.5 Å². The molecule has 0 aromatic heterocycles. The van der Waals surface area contributed by atoms with Gasteiger partial charge in [0.05, 0.1) is 12.2 Å². The second kappa shape index (κ2) is 8.01. The van der Waals surface area contributed by atoms with Gasteiger partial charge in [-0.25, -0.2) is 13.2 Å². The lowest BCUT2D eigenvalue weighted by Crippen LogP contribution is -2.26. The van der Waals surface area contributed by atoms with Gasteiger partial charge in [0, 0.05) is 19.0 Å². The fourth-order valence-corrected chi connectivity index (χ4v) is 1.44. The highest BCUT2D eigenvalue weighted by Gasteiger charge is 2.18. The molecule has 0 aliphatic heterocycles. The van der Waals surface area contributed by atoms with Gasteiger partial charge in [0.25, 0.3) is 5.91 Å². The van der Waals surface area contributed by atoms with Crippen LogP contribution in [0.5, 0.6) is 0 Å². The van der Waals surface area contributed by atoms with Crippen LogP contribution < -0.4 is 5.32 Å². The lowest BCUT2D eigenvalue weighted by Gasteiger charge is -2.07. The summed E-state index contributed by atoms with van der Waals surface area (Å²) in [5.41, 5.74) is -0.527. The van der Waals surface area contributed by atoms with Crippen LogP contribution in [0, 0.1) is 17.5 Å². The predicted octanol–water partition coefficient (Wildman–Crippen LogP) is 2.48. The Morgan fingerprint density at radius 1 is 1.21 bits per heavy atom. The van der Waals surface area contributed by atoms with Gasteiger partial charge in [-0.05, 0) is 18.6 Å². The highest BCUT2D eigenvalue weighted by atomic mass is 35.5. The zero-order valence-corrected chi connectivity index (χ0v) is 10.8. The highest BCUT2D eigenvalue weighted by Crippen LogP contribution is 2.14. The molecule has 7 heteroatoms. The minimum absolute atomic E-state index is 0.236. The van der Waals surface area contributed by atoms with Crippen LogP contribution >= 0.6 is 11.6 Å². The number of carbonyl (C=O) groups excluding carboxylic acids is 1. The van der Waals surface area contributed by atoms with Crippen LogP contribution in [0.1, 0.15) is 16.8 Å².